The van der Waals surface area contributed by atoms with Gasteiger partial charge in [-0.25, -0.2) is 18.0 Å². The van der Waals surface area contributed by atoms with Crippen LogP contribution in [0.25, 0.3) is 0 Å². The molecule has 0 saturated heterocycles. The quantitative estimate of drug-likeness (QED) is 0.593. The first-order valence-corrected chi connectivity index (χ1v) is 5.90. The number of hydrogen-bond donors (Lipinski definition) is 1. The Kier molecular flexibility index (Phi) is 5.85. The Morgan fingerprint density at radius 2 is 1.55 bits per heavy atom. The van der Waals surface area contributed by atoms with Gasteiger partial charge in [-0.05, 0) is 20.3 Å². The summed E-state index contributed by atoms with van der Waals surface area (Å²) in [5, 5.41) is 8.79. The first-order valence-electron chi connectivity index (χ1n) is 5.90. The van der Waals surface area contributed by atoms with Crippen LogP contribution in [0.15, 0.2) is 0 Å². The summed E-state index contributed by atoms with van der Waals surface area (Å²) >= 11 is 0. The molecule has 132 valence electrons. The van der Waals surface area contributed by atoms with Gasteiger partial charge >= 0.3 is 18.1 Å². The fourth-order valence-corrected chi connectivity index (χ4v) is 1.27. The van der Waals surface area contributed by atoms with Crippen LogP contribution in [0.2, 0.25) is 0 Å². The van der Waals surface area contributed by atoms with E-state index in [-0.39, 0.29) is 6.92 Å². The molecule has 0 saturated carbocycles. The zero-order valence-electron chi connectivity index (χ0n) is 11.6. The molecule has 3 nitrogen and oxygen atoms in total. The van der Waals surface area contributed by atoms with Gasteiger partial charge in [0.25, 0.3) is 12.0 Å². The number of esters is 1. The number of carbonyl (C=O) groups is 1. The van der Waals surface area contributed by atoms with Gasteiger partial charge in [-0.1, -0.05) is 6.92 Å². The Morgan fingerprint density at radius 1 is 1.14 bits per heavy atom. The molecule has 0 rings (SSSR count). The average Bonchev–Trinajstić information content (AvgIpc) is 2.35. The second-order valence-corrected chi connectivity index (χ2v) is 4.79. The minimum atomic E-state index is -6.42. The number of aliphatic hydroxyl groups is 1. The van der Waals surface area contributed by atoms with Crippen molar-refractivity contribution in [1.29, 1.82) is 0 Å². The number of ether oxygens (including phenoxy) is 1. The topological polar surface area (TPSA) is 46.5 Å². The Bertz CT molecular complexity index is 407. The molecule has 0 heterocycles. The zero-order valence-corrected chi connectivity index (χ0v) is 11.6. The van der Waals surface area contributed by atoms with Gasteiger partial charge < -0.3 is 9.84 Å². The maximum absolute atomic E-state index is 13.6. The molecule has 0 radical (unpaired) electrons. The normalized spacial score (nSPS) is 20.2. The average molecular weight is 346 g/mol. The van der Waals surface area contributed by atoms with Crippen LogP contribution < -0.4 is 0 Å². The smallest absolute Gasteiger partial charge is 0.429 e. The van der Waals surface area contributed by atoms with Crippen molar-refractivity contribution in [3.8, 4) is 0 Å². The second-order valence-electron chi connectivity index (χ2n) is 4.79. The van der Waals surface area contributed by atoms with E-state index in [0.717, 1.165) is 6.92 Å². The first-order chi connectivity index (χ1) is 9.55. The molecule has 0 aliphatic carbocycles. The molecule has 0 aromatic rings. The maximum Gasteiger partial charge on any atom is 0.429 e. The summed E-state index contributed by atoms with van der Waals surface area (Å²) < 4.78 is 107. The minimum absolute atomic E-state index is 0.142. The van der Waals surface area contributed by atoms with Gasteiger partial charge in [-0.3, -0.25) is 0 Å². The number of rotatable bonds is 6. The van der Waals surface area contributed by atoms with Crippen molar-refractivity contribution in [2.75, 3.05) is 0 Å². The van der Waals surface area contributed by atoms with Gasteiger partial charge in [0.15, 0.2) is 6.10 Å². The van der Waals surface area contributed by atoms with E-state index in [4.69, 9.17) is 5.11 Å². The Balaban J connectivity index is 5.58. The highest BCUT2D eigenvalue weighted by Crippen LogP contribution is 2.48. The lowest BCUT2D eigenvalue weighted by Crippen LogP contribution is -2.67. The van der Waals surface area contributed by atoms with Crippen LogP contribution in [-0.2, 0) is 9.53 Å². The number of carbonyl (C=O) groups excluding carboxylic acids is 1. The molecule has 3 unspecified atom stereocenters. The summed E-state index contributed by atoms with van der Waals surface area (Å²) in [6.45, 7) is 1.88. The largest absolute Gasteiger partial charge is 0.454 e. The molecule has 3 atom stereocenters. The van der Waals surface area contributed by atoms with E-state index in [1.165, 1.54) is 0 Å². The van der Waals surface area contributed by atoms with Crippen molar-refractivity contribution in [2.45, 2.75) is 63.1 Å². The van der Waals surface area contributed by atoms with Crippen LogP contribution in [0.1, 0.15) is 27.2 Å². The molecule has 0 aliphatic heterocycles. The van der Waals surface area contributed by atoms with E-state index in [2.05, 4.69) is 4.74 Å². The van der Waals surface area contributed by atoms with Crippen molar-refractivity contribution in [3.63, 3.8) is 0 Å². The second kappa shape index (κ2) is 6.17. The third-order valence-corrected chi connectivity index (χ3v) is 3.14. The van der Waals surface area contributed by atoms with Gasteiger partial charge in [-0.2, -0.15) is 22.0 Å². The number of hydrogen-bond acceptors (Lipinski definition) is 3. The van der Waals surface area contributed by atoms with Crippen molar-refractivity contribution in [2.24, 2.45) is 0 Å². The van der Waals surface area contributed by atoms with E-state index >= 15 is 0 Å². The van der Waals surface area contributed by atoms with E-state index < -0.39 is 48.3 Å². The molecule has 0 amide bonds. The highest BCUT2D eigenvalue weighted by atomic mass is 19.4. The first kappa shape index (κ1) is 20.9. The summed E-state index contributed by atoms with van der Waals surface area (Å²) in [7, 11) is 0. The van der Waals surface area contributed by atoms with E-state index in [0.29, 0.717) is 6.92 Å². The van der Waals surface area contributed by atoms with E-state index in [9.17, 15) is 39.9 Å². The Labute approximate surface area is 120 Å². The van der Waals surface area contributed by atoms with E-state index in [1.54, 1.807) is 0 Å². The monoisotopic (exact) mass is 346 g/mol. The molecule has 11 heteroatoms. The molecule has 0 bridgehead atoms. The molecule has 0 fully saturated rings. The molecule has 22 heavy (non-hydrogen) atoms. The van der Waals surface area contributed by atoms with Crippen LogP contribution in [0, 0.1) is 0 Å². The summed E-state index contributed by atoms with van der Waals surface area (Å²) in [5.74, 6) is -7.57. The summed E-state index contributed by atoms with van der Waals surface area (Å²) in [5.41, 5.74) is -8.55. The summed E-state index contributed by atoms with van der Waals surface area (Å²) in [6, 6.07) is 0. The van der Waals surface area contributed by atoms with Crippen LogP contribution in [0.5, 0.6) is 0 Å². The summed E-state index contributed by atoms with van der Waals surface area (Å²) in [4.78, 5) is 11.2. The van der Waals surface area contributed by atoms with Crippen molar-refractivity contribution < 1.29 is 49.8 Å². The van der Waals surface area contributed by atoms with Crippen LogP contribution in [0.4, 0.5) is 35.1 Å². The lowest BCUT2D eigenvalue weighted by Gasteiger charge is -2.39. The molecule has 0 aliphatic rings. The highest BCUT2D eigenvalue weighted by molar-refractivity contribution is 5.79. The summed E-state index contributed by atoms with van der Waals surface area (Å²) in [6.07, 6.45) is -15.0. The third-order valence-electron chi connectivity index (χ3n) is 3.14. The van der Waals surface area contributed by atoms with Gasteiger partial charge in [-0.15, -0.1) is 0 Å². The number of halogens is 8. The van der Waals surface area contributed by atoms with Gasteiger partial charge in [0.05, 0.1) is 0 Å². The molecule has 1 N–H and O–H groups in total. The third kappa shape index (κ3) is 3.44. The maximum atomic E-state index is 13.6. The molecule has 0 aromatic heterocycles. The highest BCUT2D eigenvalue weighted by Gasteiger charge is 2.77. The standard InChI is InChI=1S/C11H14F8O3/c1-4-8(3,14)7(20)22-5(2)10(15,16)9(21,6(12)13)11(17,18)19/h5-6,21H,4H2,1-3H3. The van der Waals surface area contributed by atoms with Gasteiger partial charge in [0.2, 0.25) is 5.67 Å². The Morgan fingerprint density at radius 3 is 1.82 bits per heavy atom. The SMILES string of the molecule is CCC(C)(F)C(=O)OC(C)C(F)(F)C(O)(C(F)F)C(F)(F)F. The minimum Gasteiger partial charge on any atom is -0.454 e. The molecule has 0 aromatic carbocycles. The Hall–Kier alpha value is -1.13. The predicted molar refractivity (Wildman–Crippen MR) is 57.3 cm³/mol. The van der Waals surface area contributed by atoms with Gasteiger partial charge in [0.1, 0.15) is 0 Å². The molecular formula is C11H14F8O3. The van der Waals surface area contributed by atoms with Gasteiger partial charge in [0, 0.05) is 0 Å². The predicted octanol–water partition coefficient (Wildman–Crippen LogP) is 3.25. The lowest BCUT2D eigenvalue weighted by molar-refractivity contribution is -0.379. The fourth-order valence-electron chi connectivity index (χ4n) is 1.27. The van der Waals surface area contributed by atoms with Crippen LogP contribution >= 0.6 is 0 Å². The van der Waals surface area contributed by atoms with E-state index in [1.807, 2.05) is 0 Å². The van der Waals surface area contributed by atoms with Crippen molar-refractivity contribution in [1.82, 2.24) is 0 Å². The molecule has 0 spiro atoms. The zero-order chi connectivity index (χ0) is 18.1. The number of alkyl halides is 8. The molecular weight excluding hydrogens is 332 g/mol. The lowest BCUT2D eigenvalue weighted by atomic mass is 9.91. The van der Waals surface area contributed by atoms with Crippen LogP contribution in [-0.4, -0.2) is 47.0 Å². The fraction of sp³-hybridized carbons (Fsp3) is 0.909. The van der Waals surface area contributed by atoms with Crippen LogP contribution in [0.3, 0.4) is 0 Å². The van der Waals surface area contributed by atoms with Crippen molar-refractivity contribution >= 4 is 5.97 Å². The van der Waals surface area contributed by atoms with Crippen molar-refractivity contribution in [3.05, 3.63) is 0 Å².